The van der Waals surface area contributed by atoms with Crippen LogP contribution >= 0.6 is 11.6 Å². The van der Waals surface area contributed by atoms with Crippen LogP contribution in [0.15, 0.2) is 18.2 Å². The maximum Gasteiger partial charge on any atom is 0.254 e. The van der Waals surface area contributed by atoms with Crippen LogP contribution < -0.4 is 5.73 Å². The highest BCUT2D eigenvalue weighted by atomic mass is 35.5. The van der Waals surface area contributed by atoms with Crippen LogP contribution in [-0.2, 0) is 0 Å². The van der Waals surface area contributed by atoms with E-state index in [2.05, 4.69) is 11.8 Å². The van der Waals surface area contributed by atoms with Gasteiger partial charge >= 0.3 is 0 Å². The molecule has 1 fully saturated rings. The summed E-state index contributed by atoms with van der Waals surface area (Å²) >= 11 is 5.94. The second-order valence-corrected chi connectivity index (χ2v) is 5.34. The molecule has 2 N–H and O–H groups in total. The van der Waals surface area contributed by atoms with Gasteiger partial charge in [-0.2, -0.15) is 0 Å². The Morgan fingerprint density at radius 2 is 1.95 bits per heavy atom. The zero-order valence-corrected chi connectivity index (χ0v) is 12.0. The van der Waals surface area contributed by atoms with Crippen LogP contribution in [0.25, 0.3) is 0 Å². The molecule has 1 aliphatic heterocycles. The largest absolute Gasteiger partial charge is 0.399 e. The number of piperazine rings is 1. The minimum atomic E-state index is 0.0188. The van der Waals surface area contributed by atoms with Gasteiger partial charge in [0.25, 0.3) is 5.91 Å². The summed E-state index contributed by atoms with van der Waals surface area (Å²) in [5, 5.41) is 0.507. The van der Waals surface area contributed by atoms with E-state index in [-0.39, 0.29) is 5.91 Å². The van der Waals surface area contributed by atoms with E-state index in [4.69, 9.17) is 17.3 Å². The molecule has 2 rings (SSSR count). The number of anilines is 1. The Kier molecular flexibility index (Phi) is 4.66. The predicted octanol–water partition coefficient (Wildman–Crippen LogP) is 2.09. The molecule has 1 amide bonds. The van der Waals surface area contributed by atoms with Crippen LogP contribution in [0, 0.1) is 0 Å². The molecule has 1 aromatic carbocycles. The fourth-order valence-corrected chi connectivity index (χ4v) is 2.65. The Balaban J connectivity index is 2.01. The number of halogens is 1. The van der Waals surface area contributed by atoms with E-state index in [1.54, 1.807) is 18.2 Å². The minimum Gasteiger partial charge on any atom is -0.399 e. The van der Waals surface area contributed by atoms with Crippen LogP contribution in [0.1, 0.15) is 23.7 Å². The van der Waals surface area contributed by atoms with Crippen LogP contribution in [0.2, 0.25) is 5.02 Å². The second-order valence-electron chi connectivity index (χ2n) is 4.91. The molecule has 1 aliphatic rings. The van der Waals surface area contributed by atoms with Crippen molar-refractivity contribution in [3.05, 3.63) is 28.8 Å². The summed E-state index contributed by atoms with van der Waals surface area (Å²) < 4.78 is 0. The Morgan fingerprint density at radius 3 is 2.53 bits per heavy atom. The third kappa shape index (κ3) is 3.61. The Morgan fingerprint density at radius 1 is 1.26 bits per heavy atom. The highest BCUT2D eigenvalue weighted by molar-refractivity contribution is 6.31. The molecule has 0 aliphatic carbocycles. The molecule has 1 saturated heterocycles. The van der Waals surface area contributed by atoms with Crippen molar-refractivity contribution in [2.75, 3.05) is 38.5 Å². The fourth-order valence-electron chi connectivity index (χ4n) is 2.41. The van der Waals surface area contributed by atoms with Crippen molar-refractivity contribution in [2.24, 2.45) is 0 Å². The third-order valence-corrected chi connectivity index (χ3v) is 3.58. The van der Waals surface area contributed by atoms with Gasteiger partial charge in [0, 0.05) is 42.5 Å². The first-order valence-electron chi connectivity index (χ1n) is 6.68. The van der Waals surface area contributed by atoms with Crippen LogP contribution in [0.5, 0.6) is 0 Å². The maximum absolute atomic E-state index is 12.4. The molecule has 0 radical (unpaired) electrons. The molecule has 19 heavy (non-hydrogen) atoms. The summed E-state index contributed by atoms with van der Waals surface area (Å²) in [6, 6.07) is 5.02. The van der Waals surface area contributed by atoms with Gasteiger partial charge in [0.2, 0.25) is 0 Å². The predicted molar refractivity (Wildman–Crippen MR) is 78.5 cm³/mol. The van der Waals surface area contributed by atoms with Crippen LogP contribution in [-0.4, -0.2) is 48.4 Å². The van der Waals surface area contributed by atoms with E-state index in [1.165, 1.54) is 0 Å². The number of benzene rings is 1. The number of rotatable bonds is 3. The van der Waals surface area contributed by atoms with Crippen molar-refractivity contribution in [1.29, 1.82) is 0 Å². The molecule has 0 aromatic heterocycles. The standard InChI is InChI=1S/C14H20ClN3O/c1-2-3-17-4-6-18(7-5-17)14(19)11-8-12(15)10-13(16)9-11/h8-10H,2-7,16H2,1H3. The fraction of sp³-hybridized carbons (Fsp3) is 0.500. The summed E-state index contributed by atoms with van der Waals surface area (Å²) in [6.45, 7) is 6.69. The van der Waals surface area contributed by atoms with Gasteiger partial charge < -0.3 is 10.6 Å². The Labute approximate surface area is 119 Å². The molecule has 0 atom stereocenters. The van der Waals surface area contributed by atoms with Gasteiger partial charge in [-0.05, 0) is 31.2 Å². The lowest BCUT2D eigenvalue weighted by atomic mass is 10.1. The van der Waals surface area contributed by atoms with Crippen molar-refractivity contribution >= 4 is 23.2 Å². The van der Waals surface area contributed by atoms with Gasteiger partial charge in [0.05, 0.1) is 0 Å². The average molecular weight is 282 g/mol. The molecule has 5 heteroatoms. The lowest BCUT2D eigenvalue weighted by molar-refractivity contribution is 0.0637. The van der Waals surface area contributed by atoms with Crippen LogP contribution in [0.3, 0.4) is 0 Å². The van der Waals surface area contributed by atoms with Crippen molar-refractivity contribution in [2.45, 2.75) is 13.3 Å². The summed E-state index contributed by atoms with van der Waals surface area (Å²) in [5.74, 6) is 0.0188. The summed E-state index contributed by atoms with van der Waals surface area (Å²) in [6.07, 6.45) is 1.15. The number of nitrogens with two attached hydrogens (primary N) is 1. The van der Waals surface area contributed by atoms with E-state index in [0.717, 1.165) is 39.1 Å². The van der Waals surface area contributed by atoms with E-state index in [0.29, 0.717) is 16.3 Å². The second kappa shape index (κ2) is 6.26. The molecular formula is C14H20ClN3O. The van der Waals surface area contributed by atoms with E-state index < -0.39 is 0 Å². The number of amides is 1. The number of hydrogen-bond acceptors (Lipinski definition) is 3. The minimum absolute atomic E-state index is 0.0188. The van der Waals surface area contributed by atoms with Gasteiger partial charge in [-0.1, -0.05) is 18.5 Å². The van der Waals surface area contributed by atoms with E-state index in [9.17, 15) is 4.79 Å². The number of nitrogen functional groups attached to an aromatic ring is 1. The zero-order valence-electron chi connectivity index (χ0n) is 11.2. The van der Waals surface area contributed by atoms with Crippen molar-refractivity contribution in [1.82, 2.24) is 9.80 Å². The molecule has 1 heterocycles. The molecule has 1 aromatic rings. The molecule has 0 spiro atoms. The summed E-state index contributed by atoms with van der Waals surface area (Å²) in [5.41, 5.74) is 6.83. The van der Waals surface area contributed by atoms with Gasteiger partial charge in [-0.25, -0.2) is 0 Å². The monoisotopic (exact) mass is 281 g/mol. The average Bonchev–Trinajstić information content (AvgIpc) is 2.38. The van der Waals surface area contributed by atoms with E-state index in [1.807, 2.05) is 4.90 Å². The van der Waals surface area contributed by atoms with Gasteiger partial charge in [-0.3, -0.25) is 9.69 Å². The first-order chi connectivity index (χ1) is 9.10. The van der Waals surface area contributed by atoms with Gasteiger partial charge in [-0.15, -0.1) is 0 Å². The van der Waals surface area contributed by atoms with E-state index >= 15 is 0 Å². The zero-order chi connectivity index (χ0) is 13.8. The Bertz CT molecular complexity index is 436. The molecule has 0 saturated carbocycles. The topological polar surface area (TPSA) is 49.6 Å². The first kappa shape index (κ1) is 14.2. The lowest BCUT2D eigenvalue weighted by Gasteiger charge is -2.34. The molecule has 0 bridgehead atoms. The summed E-state index contributed by atoms with van der Waals surface area (Å²) in [4.78, 5) is 16.6. The molecule has 104 valence electrons. The molecule has 0 unspecified atom stereocenters. The molecular weight excluding hydrogens is 262 g/mol. The van der Waals surface area contributed by atoms with Crippen molar-refractivity contribution in [3.8, 4) is 0 Å². The number of carbonyl (C=O) groups is 1. The Hall–Kier alpha value is -1.26. The maximum atomic E-state index is 12.4. The van der Waals surface area contributed by atoms with Crippen molar-refractivity contribution in [3.63, 3.8) is 0 Å². The highest BCUT2D eigenvalue weighted by Crippen LogP contribution is 2.18. The van der Waals surface area contributed by atoms with Gasteiger partial charge in [0.1, 0.15) is 0 Å². The SMILES string of the molecule is CCCN1CCN(C(=O)c2cc(N)cc(Cl)c2)CC1. The first-order valence-corrected chi connectivity index (χ1v) is 7.05. The quantitative estimate of drug-likeness (QED) is 0.863. The van der Waals surface area contributed by atoms with Crippen molar-refractivity contribution < 1.29 is 4.79 Å². The normalized spacial score (nSPS) is 16.6. The number of hydrogen-bond donors (Lipinski definition) is 1. The third-order valence-electron chi connectivity index (χ3n) is 3.37. The summed E-state index contributed by atoms with van der Waals surface area (Å²) in [7, 11) is 0. The smallest absolute Gasteiger partial charge is 0.254 e. The number of carbonyl (C=O) groups excluding carboxylic acids is 1. The molecule has 4 nitrogen and oxygen atoms in total. The van der Waals surface area contributed by atoms with Crippen LogP contribution in [0.4, 0.5) is 5.69 Å². The highest BCUT2D eigenvalue weighted by Gasteiger charge is 2.21. The van der Waals surface area contributed by atoms with Gasteiger partial charge in [0.15, 0.2) is 0 Å². The lowest BCUT2D eigenvalue weighted by Crippen LogP contribution is -2.48. The number of nitrogens with zero attached hydrogens (tertiary/aromatic N) is 2.